The Bertz CT molecular complexity index is 1550. The van der Waals surface area contributed by atoms with E-state index < -0.39 is 16.9 Å². The molecule has 1 atom stereocenters. The van der Waals surface area contributed by atoms with Crippen molar-refractivity contribution in [2.24, 2.45) is 4.99 Å². The molecule has 4 aromatic rings. The minimum atomic E-state index is -0.575. The van der Waals surface area contributed by atoms with E-state index in [1.807, 2.05) is 61.5 Å². The molecule has 0 fully saturated rings. The van der Waals surface area contributed by atoms with Crippen LogP contribution in [-0.2, 0) is 12.0 Å². The lowest BCUT2D eigenvalue weighted by Crippen LogP contribution is -2.41. The molecule has 1 heterocycles. The molecule has 35 heavy (non-hydrogen) atoms. The van der Waals surface area contributed by atoms with Gasteiger partial charge in [-0.1, -0.05) is 24.3 Å². The van der Waals surface area contributed by atoms with Gasteiger partial charge in [-0.15, -0.1) is 0 Å². The molecule has 176 valence electrons. The van der Waals surface area contributed by atoms with Crippen LogP contribution in [0.5, 0.6) is 11.5 Å². The quantitative estimate of drug-likeness (QED) is 0.411. The smallest absolute Gasteiger partial charge is 0.325 e. The molecule has 0 saturated heterocycles. The van der Waals surface area contributed by atoms with Crippen molar-refractivity contribution in [1.29, 1.82) is 0 Å². The molecule has 7 nitrogen and oxygen atoms in total. The molecule has 1 unspecified atom stereocenters. The highest BCUT2D eigenvalue weighted by Gasteiger charge is 2.41. The van der Waals surface area contributed by atoms with E-state index in [-0.39, 0.29) is 5.69 Å². The van der Waals surface area contributed by atoms with Crippen molar-refractivity contribution in [2.45, 2.75) is 25.9 Å². The zero-order valence-corrected chi connectivity index (χ0v) is 19.7. The number of aliphatic imine (C=N–C) groups is 1. The first-order valence-electron chi connectivity index (χ1n) is 11.3. The summed E-state index contributed by atoms with van der Waals surface area (Å²) in [6.45, 7) is 4.14. The Balaban J connectivity index is 1.53. The molecule has 1 aliphatic carbocycles. The summed E-state index contributed by atoms with van der Waals surface area (Å²) in [5.41, 5.74) is 4.30. The number of aryl methyl sites for hydroxylation is 1. The number of hydrogen-bond acceptors (Lipinski definition) is 5. The van der Waals surface area contributed by atoms with Crippen molar-refractivity contribution >= 4 is 11.4 Å². The van der Waals surface area contributed by atoms with Gasteiger partial charge < -0.3 is 14.5 Å². The molecule has 5 rings (SSSR count). The minimum Gasteiger partial charge on any atom is -0.497 e. The summed E-state index contributed by atoms with van der Waals surface area (Å²) >= 11 is 0. The SMILES string of the molecule is COc1ccc(C(=Nc2c[nH]c(=O)[nH]c2=O)c2ccc3c(c2)CC3(C)Oc2cccc(C)c2)cc1. The van der Waals surface area contributed by atoms with Crippen LogP contribution in [-0.4, -0.2) is 22.8 Å². The van der Waals surface area contributed by atoms with Crippen molar-refractivity contribution in [2.75, 3.05) is 7.11 Å². The maximum absolute atomic E-state index is 12.3. The lowest BCUT2D eigenvalue weighted by atomic mass is 9.73. The first-order chi connectivity index (χ1) is 16.8. The Morgan fingerprint density at radius 3 is 2.43 bits per heavy atom. The average Bonchev–Trinajstić information content (AvgIpc) is 2.83. The summed E-state index contributed by atoms with van der Waals surface area (Å²) in [4.78, 5) is 33.1. The molecule has 7 heteroatoms. The van der Waals surface area contributed by atoms with Crippen LogP contribution in [0.15, 0.2) is 87.5 Å². The van der Waals surface area contributed by atoms with Gasteiger partial charge in [-0.25, -0.2) is 9.79 Å². The third-order valence-electron chi connectivity index (χ3n) is 6.20. The second-order valence-electron chi connectivity index (χ2n) is 8.84. The highest BCUT2D eigenvalue weighted by atomic mass is 16.5. The summed E-state index contributed by atoms with van der Waals surface area (Å²) in [5.74, 6) is 1.57. The zero-order chi connectivity index (χ0) is 24.6. The standard InChI is InChI=1S/C28H25N3O4/c1-17-5-4-6-22(13-17)35-28(2)15-20-14-19(9-12-23(20)28)25(18-7-10-21(34-3)11-8-18)30-24-16-29-27(33)31-26(24)32/h4-14,16H,15H2,1-3H3,(H2,29,31,32,33). The number of aromatic amines is 2. The fraction of sp³-hybridized carbons (Fsp3) is 0.179. The summed E-state index contributed by atoms with van der Waals surface area (Å²) in [5, 5.41) is 0. The number of hydrogen-bond donors (Lipinski definition) is 2. The van der Waals surface area contributed by atoms with Crippen molar-refractivity contribution in [3.8, 4) is 11.5 Å². The molecular weight excluding hydrogens is 442 g/mol. The second kappa shape index (κ2) is 8.76. The van der Waals surface area contributed by atoms with Crippen LogP contribution in [0.3, 0.4) is 0 Å². The molecule has 3 aromatic carbocycles. The van der Waals surface area contributed by atoms with Gasteiger partial charge in [0.25, 0.3) is 5.56 Å². The average molecular weight is 468 g/mol. The van der Waals surface area contributed by atoms with E-state index in [9.17, 15) is 9.59 Å². The monoisotopic (exact) mass is 467 g/mol. The van der Waals surface area contributed by atoms with E-state index in [2.05, 4.69) is 34.0 Å². The molecule has 0 spiro atoms. The van der Waals surface area contributed by atoms with Gasteiger partial charge in [0.05, 0.1) is 12.8 Å². The van der Waals surface area contributed by atoms with Crippen LogP contribution in [0, 0.1) is 6.92 Å². The number of rotatable bonds is 6. The zero-order valence-electron chi connectivity index (χ0n) is 19.7. The molecular formula is C28H25N3O4. The summed E-state index contributed by atoms with van der Waals surface area (Å²) < 4.78 is 11.6. The minimum absolute atomic E-state index is 0.116. The number of nitrogens with one attached hydrogen (secondary N) is 2. The molecule has 0 amide bonds. The second-order valence-corrected chi connectivity index (χ2v) is 8.84. The van der Waals surface area contributed by atoms with E-state index in [1.165, 1.54) is 6.20 Å². The van der Waals surface area contributed by atoms with E-state index >= 15 is 0 Å². The van der Waals surface area contributed by atoms with E-state index in [0.717, 1.165) is 45.7 Å². The van der Waals surface area contributed by atoms with Gasteiger partial charge in [0, 0.05) is 23.7 Å². The van der Waals surface area contributed by atoms with Gasteiger partial charge in [0.15, 0.2) is 0 Å². The molecule has 0 saturated carbocycles. The normalized spacial score (nSPS) is 16.8. The Kier molecular flexibility index (Phi) is 5.61. The fourth-order valence-electron chi connectivity index (χ4n) is 4.44. The number of methoxy groups -OCH3 is 1. The maximum Gasteiger partial charge on any atom is 0.325 e. The van der Waals surface area contributed by atoms with Crippen LogP contribution < -0.4 is 20.7 Å². The molecule has 1 aromatic heterocycles. The maximum atomic E-state index is 12.3. The number of benzene rings is 3. The Morgan fingerprint density at radius 2 is 1.74 bits per heavy atom. The molecule has 0 aliphatic heterocycles. The van der Waals surface area contributed by atoms with Crippen LogP contribution in [0.25, 0.3) is 0 Å². The highest BCUT2D eigenvalue weighted by molar-refractivity contribution is 6.14. The summed E-state index contributed by atoms with van der Waals surface area (Å²) in [6.07, 6.45) is 2.07. The van der Waals surface area contributed by atoms with Gasteiger partial charge in [-0.3, -0.25) is 9.78 Å². The topological polar surface area (TPSA) is 96.5 Å². The van der Waals surface area contributed by atoms with E-state index in [4.69, 9.17) is 9.47 Å². The number of fused-ring (bicyclic) bond motifs is 1. The lowest BCUT2D eigenvalue weighted by Gasteiger charge is -2.41. The van der Waals surface area contributed by atoms with Gasteiger partial charge >= 0.3 is 5.69 Å². The number of H-pyrrole nitrogens is 2. The summed E-state index contributed by atoms with van der Waals surface area (Å²) in [6, 6.07) is 21.6. The van der Waals surface area contributed by atoms with Gasteiger partial charge in [-0.05, 0) is 73.0 Å². The van der Waals surface area contributed by atoms with Crippen LogP contribution >= 0.6 is 0 Å². The molecule has 0 radical (unpaired) electrons. The van der Waals surface area contributed by atoms with E-state index in [0.29, 0.717) is 5.71 Å². The molecule has 0 bridgehead atoms. The first-order valence-corrected chi connectivity index (χ1v) is 11.3. The van der Waals surface area contributed by atoms with Crippen molar-refractivity contribution in [3.63, 3.8) is 0 Å². The van der Waals surface area contributed by atoms with Crippen molar-refractivity contribution < 1.29 is 9.47 Å². The van der Waals surface area contributed by atoms with Gasteiger partial charge in [0.1, 0.15) is 22.8 Å². The van der Waals surface area contributed by atoms with Gasteiger partial charge in [0.2, 0.25) is 0 Å². The Hall–Kier alpha value is -4.39. The van der Waals surface area contributed by atoms with E-state index in [1.54, 1.807) is 7.11 Å². The molecule has 1 aliphatic rings. The number of nitrogens with zero attached hydrogens (tertiary/aromatic N) is 1. The Morgan fingerprint density at radius 1 is 0.971 bits per heavy atom. The van der Waals surface area contributed by atoms with Crippen LogP contribution in [0.2, 0.25) is 0 Å². The third-order valence-corrected chi connectivity index (χ3v) is 6.20. The van der Waals surface area contributed by atoms with Gasteiger partial charge in [-0.2, -0.15) is 0 Å². The largest absolute Gasteiger partial charge is 0.497 e. The summed E-state index contributed by atoms with van der Waals surface area (Å²) in [7, 11) is 1.61. The van der Waals surface area contributed by atoms with Crippen LogP contribution in [0.4, 0.5) is 5.69 Å². The first kappa shape index (κ1) is 22.4. The van der Waals surface area contributed by atoms with Crippen molar-refractivity contribution in [3.05, 3.63) is 122 Å². The Labute approximate surface area is 202 Å². The molecule has 2 N–H and O–H groups in total. The highest BCUT2D eigenvalue weighted by Crippen LogP contribution is 2.43. The lowest BCUT2D eigenvalue weighted by molar-refractivity contribution is 0.0620. The third kappa shape index (κ3) is 4.40. The van der Waals surface area contributed by atoms with Crippen molar-refractivity contribution in [1.82, 2.24) is 9.97 Å². The number of aromatic nitrogens is 2. The predicted octanol–water partition coefficient (Wildman–Crippen LogP) is 4.40. The predicted molar refractivity (Wildman–Crippen MR) is 135 cm³/mol. The van der Waals surface area contributed by atoms with Crippen LogP contribution in [0.1, 0.15) is 34.7 Å². The number of ether oxygens (including phenoxy) is 2. The fourth-order valence-corrected chi connectivity index (χ4v) is 4.44.